The van der Waals surface area contributed by atoms with Gasteiger partial charge in [0, 0.05) is 20.5 Å². The number of nitrogens with one attached hydrogen (secondary N) is 1. The van der Waals surface area contributed by atoms with Gasteiger partial charge in [0.1, 0.15) is 5.75 Å². The number of amides is 2. The maximum atomic E-state index is 12.2. The van der Waals surface area contributed by atoms with Crippen molar-refractivity contribution in [2.45, 2.75) is 13.5 Å². The summed E-state index contributed by atoms with van der Waals surface area (Å²) < 4.78 is 5.55. The number of nitrogens with zero attached hydrogens (tertiary/aromatic N) is 1. The number of anilines is 1. The lowest BCUT2D eigenvalue weighted by molar-refractivity contribution is -0.132. The Morgan fingerprint density at radius 2 is 1.70 bits per heavy atom. The van der Waals surface area contributed by atoms with E-state index in [9.17, 15) is 9.59 Å². The van der Waals surface area contributed by atoms with Gasteiger partial charge in [0.2, 0.25) is 5.91 Å². The lowest BCUT2D eigenvalue weighted by atomic mass is 10.2. The summed E-state index contributed by atoms with van der Waals surface area (Å²) in [6.45, 7) is 1.87. The van der Waals surface area contributed by atoms with Gasteiger partial charge >= 0.3 is 0 Å². The van der Waals surface area contributed by atoms with Gasteiger partial charge in [0.25, 0.3) is 5.91 Å². The minimum Gasteiger partial charge on any atom is -0.482 e. The van der Waals surface area contributed by atoms with E-state index in [1.807, 2.05) is 30.3 Å². The van der Waals surface area contributed by atoms with E-state index >= 15 is 0 Å². The van der Waals surface area contributed by atoms with E-state index in [2.05, 4.69) is 5.32 Å². The van der Waals surface area contributed by atoms with E-state index in [1.54, 1.807) is 36.2 Å². The molecule has 0 heterocycles. The largest absolute Gasteiger partial charge is 0.482 e. The Kier molecular flexibility index (Phi) is 5.74. The molecule has 2 aromatic rings. The molecule has 23 heavy (non-hydrogen) atoms. The minimum atomic E-state index is -0.187. The Morgan fingerprint density at radius 1 is 1.04 bits per heavy atom. The normalized spacial score (nSPS) is 10.0. The van der Waals surface area contributed by atoms with Gasteiger partial charge in [0.15, 0.2) is 6.61 Å². The molecule has 0 saturated carbocycles. The zero-order valence-corrected chi connectivity index (χ0v) is 13.3. The fourth-order valence-electron chi connectivity index (χ4n) is 2.08. The molecular weight excluding hydrogens is 292 g/mol. The highest BCUT2D eigenvalue weighted by molar-refractivity contribution is 5.90. The lowest BCUT2D eigenvalue weighted by Crippen LogP contribution is -2.31. The van der Waals surface area contributed by atoms with Crippen molar-refractivity contribution in [3.63, 3.8) is 0 Å². The Labute approximate surface area is 135 Å². The van der Waals surface area contributed by atoms with Gasteiger partial charge in [-0.25, -0.2) is 0 Å². The van der Waals surface area contributed by atoms with Crippen LogP contribution in [0.25, 0.3) is 0 Å². The molecule has 5 nitrogen and oxygen atoms in total. The Bertz CT molecular complexity index is 671. The number of para-hydroxylation sites is 2. The van der Waals surface area contributed by atoms with Crippen molar-refractivity contribution in [3.05, 3.63) is 60.2 Å². The molecule has 2 amide bonds. The van der Waals surface area contributed by atoms with Crippen molar-refractivity contribution >= 4 is 17.5 Å². The highest BCUT2D eigenvalue weighted by atomic mass is 16.5. The van der Waals surface area contributed by atoms with E-state index in [0.29, 0.717) is 18.0 Å². The van der Waals surface area contributed by atoms with Crippen molar-refractivity contribution in [1.82, 2.24) is 4.90 Å². The van der Waals surface area contributed by atoms with Gasteiger partial charge in [0.05, 0.1) is 5.69 Å². The van der Waals surface area contributed by atoms with Crippen LogP contribution in [0.5, 0.6) is 5.75 Å². The van der Waals surface area contributed by atoms with Gasteiger partial charge in [-0.15, -0.1) is 0 Å². The Hall–Kier alpha value is -2.82. The predicted molar refractivity (Wildman–Crippen MR) is 89.2 cm³/mol. The third kappa shape index (κ3) is 5.14. The average molecular weight is 312 g/mol. The number of ether oxygens (including phenoxy) is 1. The molecule has 0 aliphatic carbocycles. The van der Waals surface area contributed by atoms with Crippen LogP contribution in [0.15, 0.2) is 54.6 Å². The molecule has 2 aromatic carbocycles. The maximum Gasteiger partial charge on any atom is 0.260 e. The molecule has 0 unspecified atom stereocenters. The van der Waals surface area contributed by atoms with Crippen LogP contribution >= 0.6 is 0 Å². The van der Waals surface area contributed by atoms with Gasteiger partial charge in [-0.05, 0) is 17.7 Å². The molecule has 0 aliphatic rings. The van der Waals surface area contributed by atoms with Crippen LogP contribution in [0.1, 0.15) is 12.5 Å². The van der Waals surface area contributed by atoms with Crippen LogP contribution in [0.4, 0.5) is 5.69 Å². The zero-order chi connectivity index (χ0) is 16.7. The second kappa shape index (κ2) is 7.98. The molecule has 0 bridgehead atoms. The maximum absolute atomic E-state index is 12.2. The summed E-state index contributed by atoms with van der Waals surface area (Å²) in [5.41, 5.74) is 1.61. The summed E-state index contributed by atoms with van der Waals surface area (Å²) in [6.07, 6.45) is 0. The minimum absolute atomic E-state index is 0.0834. The number of likely N-dealkylation sites (N-methyl/N-ethyl adjacent to an activating group) is 1. The summed E-state index contributed by atoms with van der Waals surface area (Å²) in [7, 11) is 1.73. The average Bonchev–Trinajstić information content (AvgIpc) is 2.54. The summed E-state index contributed by atoms with van der Waals surface area (Å²) in [5, 5.41) is 2.68. The van der Waals surface area contributed by atoms with E-state index in [0.717, 1.165) is 5.56 Å². The van der Waals surface area contributed by atoms with Crippen LogP contribution in [0, 0.1) is 0 Å². The first-order chi connectivity index (χ1) is 11.1. The fraction of sp³-hybridized carbons (Fsp3) is 0.222. The highest BCUT2D eigenvalue weighted by Gasteiger charge is 2.12. The number of rotatable bonds is 6. The molecule has 0 atom stereocenters. The van der Waals surface area contributed by atoms with E-state index < -0.39 is 0 Å². The number of hydrogen-bond acceptors (Lipinski definition) is 3. The Morgan fingerprint density at radius 3 is 2.39 bits per heavy atom. The topological polar surface area (TPSA) is 58.6 Å². The molecule has 0 aliphatic heterocycles. The molecule has 1 N–H and O–H groups in total. The van der Waals surface area contributed by atoms with Crippen LogP contribution < -0.4 is 10.1 Å². The van der Waals surface area contributed by atoms with Crippen molar-refractivity contribution in [3.8, 4) is 5.75 Å². The molecule has 0 saturated heterocycles. The van der Waals surface area contributed by atoms with Crippen LogP contribution in [-0.4, -0.2) is 30.4 Å². The predicted octanol–water partition coefficient (Wildman–Crippen LogP) is 2.68. The molecular formula is C18H20N2O3. The lowest BCUT2D eigenvalue weighted by Gasteiger charge is -2.18. The fourth-order valence-corrected chi connectivity index (χ4v) is 2.08. The van der Waals surface area contributed by atoms with Crippen molar-refractivity contribution in [2.24, 2.45) is 0 Å². The third-order valence-electron chi connectivity index (χ3n) is 3.24. The van der Waals surface area contributed by atoms with Crippen LogP contribution in [-0.2, 0) is 16.1 Å². The third-order valence-corrected chi connectivity index (χ3v) is 3.24. The number of benzene rings is 2. The standard InChI is InChI=1S/C18H20N2O3/c1-14(21)19-16-10-6-7-11-17(16)23-13-18(22)20(2)12-15-8-4-3-5-9-15/h3-11H,12-13H2,1-2H3,(H,19,21). The van der Waals surface area contributed by atoms with Crippen LogP contribution in [0.3, 0.4) is 0 Å². The number of carbonyl (C=O) groups is 2. The summed E-state index contributed by atoms with van der Waals surface area (Å²) >= 11 is 0. The van der Waals surface area contributed by atoms with Crippen molar-refractivity contribution in [2.75, 3.05) is 19.0 Å². The van der Waals surface area contributed by atoms with Gasteiger partial charge in [-0.2, -0.15) is 0 Å². The molecule has 0 spiro atoms. The quantitative estimate of drug-likeness (QED) is 0.892. The molecule has 2 rings (SSSR count). The first kappa shape index (κ1) is 16.5. The van der Waals surface area contributed by atoms with E-state index in [4.69, 9.17) is 4.74 Å². The smallest absolute Gasteiger partial charge is 0.260 e. The molecule has 0 aromatic heterocycles. The monoisotopic (exact) mass is 312 g/mol. The molecule has 120 valence electrons. The van der Waals surface area contributed by atoms with E-state index in [1.165, 1.54) is 6.92 Å². The Balaban J connectivity index is 1.92. The zero-order valence-electron chi connectivity index (χ0n) is 13.3. The van der Waals surface area contributed by atoms with E-state index in [-0.39, 0.29) is 18.4 Å². The molecule has 0 radical (unpaired) electrons. The second-order valence-corrected chi connectivity index (χ2v) is 5.20. The SMILES string of the molecule is CC(=O)Nc1ccccc1OCC(=O)N(C)Cc1ccccc1. The van der Waals surface area contributed by atoms with Crippen molar-refractivity contribution < 1.29 is 14.3 Å². The second-order valence-electron chi connectivity index (χ2n) is 5.20. The first-order valence-electron chi connectivity index (χ1n) is 7.33. The van der Waals surface area contributed by atoms with Crippen molar-refractivity contribution in [1.29, 1.82) is 0 Å². The number of hydrogen-bond donors (Lipinski definition) is 1. The molecule has 0 fully saturated rings. The van der Waals surface area contributed by atoms with Crippen LogP contribution in [0.2, 0.25) is 0 Å². The summed E-state index contributed by atoms with van der Waals surface area (Å²) in [5.74, 6) is 0.157. The van der Waals surface area contributed by atoms with Gasteiger partial charge in [-0.3, -0.25) is 9.59 Å². The molecule has 5 heteroatoms. The van der Waals surface area contributed by atoms with Gasteiger partial charge in [-0.1, -0.05) is 42.5 Å². The number of carbonyl (C=O) groups excluding carboxylic acids is 2. The first-order valence-corrected chi connectivity index (χ1v) is 7.33. The summed E-state index contributed by atoms with van der Waals surface area (Å²) in [4.78, 5) is 24.9. The summed E-state index contributed by atoms with van der Waals surface area (Å²) in [6, 6.07) is 16.8. The van der Waals surface area contributed by atoms with Gasteiger partial charge < -0.3 is 15.0 Å². The highest BCUT2D eigenvalue weighted by Crippen LogP contribution is 2.23.